The van der Waals surface area contributed by atoms with Crippen LogP contribution in [0.1, 0.15) is 32.1 Å². The predicted octanol–water partition coefficient (Wildman–Crippen LogP) is 2.32. The minimum atomic E-state index is -0.386. The molecule has 0 aromatic heterocycles. The molecule has 0 aliphatic carbocycles. The Bertz CT molecular complexity index is 588. The van der Waals surface area contributed by atoms with Crippen molar-refractivity contribution in [1.82, 2.24) is 4.90 Å². The average molecular weight is 381 g/mol. The van der Waals surface area contributed by atoms with Gasteiger partial charge in [-0.1, -0.05) is 22.4 Å². The lowest BCUT2D eigenvalue weighted by Gasteiger charge is -2.38. The number of piperidine rings is 1. The third kappa shape index (κ3) is 3.34. The molecule has 2 heterocycles. The first-order valence-electron chi connectivity index (χ1n) is 8.11. The van der Waals surface area contributed by atoms with E-state index in [1.807, 2.05) is 12.1 Å². The van der Waals surface area contributed by atoms with E-state index in [1.165, 1.54) is 4.90 Å². The molecule has 0 spiro atoms. The molecule has 0 radical (unpaired) electrons. The van der Waals surface area contributed by atoms with Crippen molar-refractivity contribution in [3.63, 3.8) is 0 Å². The molecule has 23 heavy (non-hydrogen) atoms. The van der Waals surface area contributed by atoms with Crippen molar-refractivity contribution in [2.75, 3.05) is 18.1 Å². The number of amides is 2. The Hall–Kier alpha value is -1.24. The standard InChI is InChI=1S/C17H21BrN2O3/c18-12-4-6-14(7-5-12)20-16(22)11-15(17(20)23)19-9-2-1-3-13(19)8-10-21/h4-7,13,15,21H,1-3,8-11H2. The summed E-state index contributed by atoms with van der Waals surface area (Å²) >= 11 is 3.36. The van der Waals surface area contributed by atoms with E-state index >= 15 is 0 Å². The third-order valence-electron chi connectivity index (χ3n) is 4.74. The monoisotopic (exact) mass is 380 g/mol. The number of aliphatic hydroxyl groups is 1. The van der Waals surface area contributed by atoms with Gasteiger partial charge in [0.25, 0.3) is 5.91 Å². The Morgan fingerprint density at radius 3 is 2.61 bits per heavy atom. The van der Waals surface area contributed by atoms with Crippen molar-refractivity contribution in [3.8, 4) is 0 Å². The summed E-state index contributed by atoms with van der Waals surface area (Å²) < 4.78 is 0.913. The molecule has 3 rings (SSSR count). The lowest BCUT2D eigenvalue weighted by Crippen LogP contribution is -2.50. The van der Waals surface area contributed by atoms with Gasteiger partial charge in [0.2, 0.25) is 5.91 Å². The minimum absolute atomic E-state index is 0.118. The van der Waals surface area contributed by atoms with Gasteiger partial charge in [-0.15, -0.1) is 0 Å². The van der Waals surface area contributed by atoms with Crippen LogP contribution in [0.25, 0.3) is 0 Å². The second kappa shape index (κ2) is 7.11. The number of hydrogen-bond donors (Lipinski definition) is 1. The quantitative estimate of drug-likeness (QED) is 0.814. The van der Waals surface area contributed by atoms with Crippen LogP contribution in [0.5, 0.6) is 0 Å². The number of carbonyl (C=O) groups excluding carboxylic acids is 2. The first-order valence-corrected chi connectivity index (χ1v) is 8.90. The van der Waals surface area contributed by atoms with Gasteiger partial charge in [0.1, 0.15) is 0 Å². The van der Waals surface area contributed by atoms with E-state index in [4.69, 9.17) is 0 Å². The van der Waals surface area contributed by atoms with Gasteiger partial charge in [0, 0.05) is 17.1 Å². The molecule has 2 unspecified atom stereocenters. The molecule has 2 atom stereocenters. The number of halogens is 1. The van der Waals surface area contributed by atoms with E-state index in [9.17, 15) is 14.7 Å². The zero-order valence-electron chi connectivity index (χ0n) is 12.9. The highest BCUT2D eigenvalue weighted by Gasteiger charge is 2.44. The lowest BCUT2D eigenvalue weighted by atomic mass is 9.97. The zero-order chi connectivity index (χ0) is 16.4. The van der Waals surface area contributed by atoms with E-state index in [1.54, 1.807) is 12.1 Å². The lowest BCUT2D eigenvalue weighted by molar-refractivity contribution is -0.123. The van der Waals surface area contributed by atoms with Gasteiger partial charge < -0.3 is 5.11 Å². The number of nitrogens with zero attached hydrogens (tertiary/aromatic N) is 2. The van der Waals surface area contributed by atoms with Crippen molar-refractivity contribution in [2.24, 2.45) is 0 Å². The first-order chi connectivity index (χ1) is 11.1. The number of likely N-dealkylation sites (tertiary alicyclic amines) is 1. The fraction of sp³-hybridized carbons (Fsp3) is 0.529. The third-order valence-corrected chi connectivity index (χ3v) is 5.27. The van der Waals surface area contributed by atoms with Crippen molar-refractivity contribution >= 4 is 33.4 Å². The fourth-order valence-corrected chi connectivity index (χ4v) is 3.89. The largest absolute Gasteiger partial charge is 0.396 e. The SMILES string of the molecule is O=C1CC(N2CCCCC2CCO)C(=O)N1c1ccc(Br)cc1. The molecule has 2 aliphatic heterocycles. The van der Waals surface area contributed by atoms with Crippen LogP contribution in [-0.4, -0.2) is 47.1 Å². The molecule has 1 N–H and O–H groups in total. The zero-order valence-corrected chi connectivity index (χ0v) is 14.5. The summed E-state index contributed by atoms with van der Waals surface area (Å²) in [6, 6.07) is 7.04. The predicted molar refractivity (Wildman–Crippen MR) is 91.1 cm³/mol. The van der Waals surface area contributed by atoms with Crippen LogP contribution in [0, 0.1) is 0 Å². The van der Waals surface area contributed by atoms with E-state index < -0.39 is 0 Å². The molecule has 2 saturated heterocycles. The summed E-state index contributed by atoms with van der Waals surface area (Å²) in [6.07, 6.45) is 4.04. The molecule has 0 bridgehead atoms. The van der Waals surface area contributed by atoms with Crippen LogP contribution in [-0.2, 0) is 9.59 Å². The molecule has 2 aliphatic rings. The van der Waals surface area contributed by atoms with Crippen molar-refractivity contribution in [1.29, 1.82) is 0 Å². The Morgan fingerprint density at radius 1 is 1.17 bits per heavy atom. The number of rotatable bonds is 4. The number of benzene rings is 1. The summed E-state index contributed by atoms with van der Waals surface area (Å²) in [4.78, 5) is 28.7. The molecule has 1 aromatic carbocycles. The van der Waals surface area contributed by atoms with E-state index in [0.29, 0.717) is 12.1 Å². The van der Waals surface area contributed by atoms with Crippen LogP contribution in [0.3, 0.4) is 0 Å². The number of aliphatic hydroxyl groups excluding tert-OH is 1. The molecule has 124 valence electrons. The molecule has 0 saturated carbocycles. The first kappa shape index (κ1) is 16.6. The molecule has 6 heteroatoms. The maximum atomic E-state index is 12.8. The molecular weight excluding hydrogens is 360 g/mol. The van der Waals surface area contributed by atoms with Crippen LogP contribution < -0.4 is 4.90 Å². The van der Waals surface area contributed by atoms with E-state index in [-0.39, 0.29) is 36.9 Å². The van der Waals surface area contributed by atoms with Crippen molar-refractivity contribution in [2.45, 2.75) is 44.2 Å². The maximum Gasteiger partial charge on any atom is 0.251 e. The van der Waals surface area contributed by atoms with Gasteiger partial charge in [-0.3, -0.25) is 14.5 Å². The highest BCUT2D eigenvalue weighted by molar-refractivity contribution is 9.10. The van der Waals surface area contributed by atoms with E-state index in [0.717, 1.165) is 30.3 Å². The normalized spacial score (nSPS) is 26.1. The topological polar surface area (TPSA) is 60.9 Å². The number of hydrogen-bond acceptors (Lipinski definition) is 4. The van der Waals surface area contributed by atoms with Gasteiger partial charge >= 0.3 is 0 Å². The summed E-state index contributed by atoms with van der Waals surface area (Å²) in [5.74, 6) is -0.280. The van der Waals surface area contributed by atoms with Gasteiger partial charge in [-0.25, -0.2) is 4.90 Å². The molecule has 5 nitrogen and oxygen atoms in total. The van der Waals surface area contributed by atoms with Crippen LogP contribution in [0.15, 0.2) is 28.7 Å². The number of carbonyl (C=O) groups is 2. The van der Waals surface area contributed by atoms with E-state index in [2.05, 4.69) is 20.8 Å². The van der Waals surface area contributed by atoms with Crippen LogP contribution >= 0.6 is 15.9 Å². The second-order valence-electron chi connectivity index (χ2n) is 6.16. The molecular formula is C17H21BrN2O3. The summed E-state index contributed by atoms with van der Waals surface area (Å²) in [5, 5.41) is 9.26. The minimum Gasteiger partial charge on any atom is -0.396 e. The highest BCUT2D eigenvalue weighted by atomic mass is 79.9. The van der Waals surface area contributed by atoms with Gasteiger partial charge in [0.05, 0.1) is 18.2 Å². The summed E-state index contributed by atoms with van der Waals surface area (Å²) in [6.45, 7) is 0.939. The Kier molecular flexibility index (Phi) is 5.14. The van der Waals surface area contributed by atoms with Crippen molar-refractivity contribution in [3.05, 3.63) is 28.7 Å². The smallest absolute Gasteiger partial charge is 0.251 e. The van der Waals surface area contributed by atoms with Crippen LogP contribution in [0.4, 0.5) is 5.69 Å². The van der Waals surface area contributed by atoms with Gasteiger partial charge in [0.15, 0.2) is 0 Å². The van der Waals surface area contributed by atoms with Crippen molar-refractivity contribution < 1.29 is 14.7 Å². The summed E-state index contributed by atoms with van der Waals surface area (Å²) in [7, 11) is 0. The summed E-state index contributed by atoms with van der Waals surface area (Å²) in [5.41, 5.74) is 0.626. The number of imide groups is 1. The van der Waals surface area contributed by atoms with Crippen LogP contribution in [0.2, 0.25) is 0 Å². The maximum absolute atomic E-state index is 12.8. The average Bonchev–Trinajstić information content (AvgIpc) is 2.84. The Labute approximate surface area is 144 Å². The molecule has 1 aromatic rings. The Balaban J connectivity index is 1.81. The highest BCUT2D eigenvalue weighted by Crippen LogP contribution is 2.31. The van der Waals surface area contributed by atoms with Gasteiger partial charge in [-0.05, 0) is 50.1 Å². The van der Waals surface area contributed by atoms with Gasteiger partial charge in [-0.2, -0.15) is 0 Å². The number of anilines is 1. The molecule has 2 amide bonds. The molecule has 2 fully saturated rings. The fourth-order valence-electron chi connectivity index (χ4n) is 3.63. The second-order valence-corrected chi connectivity index (χ2v) is 7.08. The Morgan fingerprint density at radius 2 is 1.91 bits per heavy atom.